The van der Waals surface area contributed by atoms with Gasteiger partial charge in [-0.15, -0.1) is 0 Å². The molecule has 0 bridgehead atoms. The van der Waals surface area contributed by atoms with Crippen LogP contribution in [0.5, 0.6) is 0 Å². The number of hydrogen-bond acceptors (Lipinski definition) is 5. The topological polar surface area (TPSA) is 46.2 Å². The first-order valence-electron chi connectivity index (χ1n) is 13.6. The first-order chi connectivity index (χ1) is 19.8. The molecule has 40 heavy (non-hydrogen) atoms. The van der Waals surface area contributed by atoms with Crippen molar-refractivity contribution in [1.29, 1.82) is 0 Å². The van der Waals surface area contributed by atoms with Crippen molar-refractivity contribution in [2.45, 2.75) is 57.2 Å². The highest BCUT2D eigenvalue weighted by atomic mass is 19.1. The van der Waals surface area contributed by atoms with Crippen LogP contribution in [0.3, 0.4) is 0 Å². The quantitative estimate of drug-likeness (QED) is 0.189. The Morgan fingerprint density at radius 1 is 0.475 bits per heavy atom. The Morgan fingerprint density at radius 2 is 0.850 bits per heavy atom. The molecule has 1 heterocycles. The Kier molecular flexibility index (Phi) is 10.4. The van der Waals surface area contributed by atoms with Crippen LogP contribution in [0.15, 0.2) is 121 Å². The van der Waals surface area contributed by atoms with E-state index in [-0.39, 0.29) is 19.8 Å². The van der Waals surface area contributed by atoms with E-state index in [2.05, 4.69) is 0 Å². The predicted molar refractivity (Wildman–Crippen MR) is 151 cm³/mol. The van der Waals surface area contributed by atoms with Crippen molar-refractivity contribution >= 4 is 0 Å². The maximum Gasteiger partial charge on any atom is 0.228 e. The Bertz CT molecular complexity index is 1240. The van der Waals surface area contributed by atoms with Crippen molar-refractivity contribution in [2.24, 2.45) is 0 Å². The number of alkyl halides is 1. The normalized spacial score (nSPS) is 22.7. The molecule has 0 amide bonds. The second kappa shape index (κ2) is 14.8. The lowest BCUT2D eigenvalue weighted by Gasteiger charge is -2.43. The molecule has 0 spiro atoms. The van der Waals surface area contributed by atoms with Crippen molar-refractivity contribution in [3.05, 3.63) is 144 Å². The van der Waals surface area contributed by atoms with E-state index >= 15 is 4.39 Å². The summed E-state index contributed by atoms with van der Waals surface area (Å²) in [4.78, 5) is 0. The molecule has 5 nitrogen and oxygen atoms in total. The number of hydrogen-bond donors (Lipinski definition) is 0. The van der Waals surface area contributed by atoms with Crippen molar-refractivity contribution in [1.82, 2.24) is 0 Å². The Hall–Kier alpha value is -3.39. The van der Waals surface area contributed by atoms with E-state index in [1.165, 1.54) is 0 Å². The Morgan fingerprint density at radius 3 is 1.30 bits per heavy atom. The molecule has 4 aromatic carbocycles. The van der Waals surface area contributed by atoms with Gasteiger partial charge in [0.15, 0.2) is 0 Å². The maximum atomic E-state index is 15.7. The minimum atomic E-state index is -1.72. The zero-order valence-electron chi connectivity index (χ0n) is 22.4. The second-order valence-electron chi connectivity index (χ2n) is 9.81. The van der Waals surface area contributed by atoms with E-state index in [1.54, 1.807) is 0 Å². The molecule has 0 saturated carbocycles. The van der Waals surface area contributed by atoms with E-state index in [1.807, 2.05) is 121 Å². The standard InChI is InChI=1S/C34H35FO5/c35-34-33(39-24-29-19-11-4-12-20-29)32(38-23-28-17-9-3-10-18-28)31(37-22-27-15-7-2-8-16-27)30(40-34)25-36-21-26-13-5-1-6-14-26/h1-20,30-34H,21-25H2/t30-,31+,32+,33-,34?/m1/s1. The van der Waals surface area contributed by atoms with E-state index in [0.29, 0.717) is 13.2 Å². The van der Waals surface area contributed by atoms with Crippen LogP contribution in [0, 0.1) is 0 Å². The lowest BCUT2D eigenvalue weighted by atomic mass is 9.98. The molecule has 1 aliphatic rings. The minimum absolute atomic E-state index is 0.144. The van der Waals surface area contributed by atoms with E-state index in [9.17, 15) is 0 Å². The molecule has 208 valence electrons. The number of benzene rings is 4. The summed E-state index contributed by atoms with van der Waals surface area (Å²) in [5.41, 5.74) is 3.94. The van der Waals surface area contributed by atoms with Crippen molar-refractivity contribution in [3.63, 3.8) is 0 Å². The summed E-state index contributed by atoms with van der Waals surface area (Å²) in [7, 11) is 0. The van der Waals surface area contributed by atoms with Gasteiger partial charge in [-0.3, -0.25) is 0 Å². The Balaban J connectivity index is 1.36. The van der Waals surface area contributed by atoms with Gasteiger partial charge in [-0.05, 0) is 22.3 Å². The van der Waals surface area contributed by atoms with Gasteiger partial charge >= 0.3 is 0 Å². The maximum absolute atomic E-state index is 15.7. The molecule has 1 fully saturated rings. The molecule has 0 N–H and O–H groups in total. The monoisotopic (exact) mass is 542 g/mol. The highest BCUT2D eigenvalue weighted by molar-refractivity contribution is 5.16. The summed E-state index contributed by atoms with van der Waals surface area (Å²) < 4.78 is 46.6. The van der Waals surface area contributed by atoms with Gasteiger partial charge in [0.25, 0.3) is 0 Å². The summed E-state index contributed by atoms with van der Waals surface area (Å²) in [6.07, 6.45) is -4.77. The lowest BCUT2D eigenvalue weighted by Crippen LogP contribution is -2.60. The summed E-state index contributed by atoms with van der Waals surface area (Å²) in [6.45, 7) is 1.35. The van der Waals surface area contributed by atoms with E-state index in [4.69, 9.17) is 23.7 Å². The largest absolute Gasteiger partial charge is 0.374 e. The van der Waals surface area contributed by atoms with Crippen LogP contribution in [-0.2, 0) is 50.1 Å². The van der Waals surface area contributed by atoms with E-state index < -0.39 is 30.8 Å². The molecule has 5 atom stereocenters. The smallest absolute Gasteiger partial charge is 0.228 e. The van der Waals surface area contributed by atoms with Crippen molar-refractivity contribution < 1.29 is 28.1 Å². The fourth-order valence-corrected chi connectivity index (χ4v) is 4.73. The van der Waals surface area contributed by atoms with E-state index in [0.717, 1.165) is 22.3 Å². The lowest BCUT2D eigenvalue weighted by molar-refractivity contribution is -0.298. The molecule has 0 radical (unpaired) electrons. The van der Waals surface area contributed by atoms with Crippen LogP contribution in [0.25, 0.3) is 0 Å². The average Bonchev–Trinajstić information content (AvgIpc) is 3.01. The number of rotatable bonds is 13. The van der Waals surface area contributed by atoms with Gasteiger partial charge in [0, 0.05) is 0 Å². The fourth-order valence-electron chi connectivity index (χ4n) is 4.73. The molecular weight excluding hydrogens is 507 g/mol. The van der Waals surface area contributed by atoms with Gasteiger partial charge in [-0.1, -0.05) is 121 Å². The summed E-state index contributed by atoms with van der Waals surface area (Å²) in [5.74, 6) is 0. The van der Waals surface area contributed by atoms with Crippen LogP contribution < -0.4 is 0 Å². The van der Waals surface area contributed by atoms with Crippen molar-refractivity contribution in [2.75, 3.05) is 6.61 Å². The SMILES string of the molecule is FC1O[C@H](COCc2ccccc2)[C@H](OCc2ccccc2)[C@H](OCc2ccccc2)[C@H]1OCc1ccccc1. The third kappa shape index (κ3) is 8.07. The molecule has 1 aliphatic heterocycles. The molecule has 5 rings (SSSR count). The molecule has 4 aromatic rings. The first-order valence-corrected chi connectivity index (χ1v) is 13.6. The van der Waals surface area contributed by atoms with Crippen molar-refractivity contribution in [3.8, 4) is 0 Å². The van der Waals surface area contributed by atoms with Gasteiger partial charge in [0.2, 0.25) is 6.36 Å². The predicted octanol–water partition coefficient (Wildman–Crippen LogP) is 6.65. The van der Waals surface area contributed by atoms with Crippen LogP contribution in [0.4, 0.5) is 4.39 Å². The second-order valence-corrected chi connectivity index (χ2v) is 9.81. The fraction of sp³-hybridized carbons (Fsp3) is 0.294. The van der Waals surface area contributed by atoms with Crippen LogP contribution >= 0.6 is 0 Å². The highest BCUT2D eigenvalue weighted by Gasteiger charge is 2.48. The van der Waals surface area contributed by atoms with Gasteiger partial charge < -0.3 is 23.7 Å². The van der Waals surface area contributed by atoms with Crippen LogP contribution in [0.2, 0.25) is 0 Å². The van der Waals surface area contributed by atoms with Gasteiger partial charge in [0.1, 0.15) is 24.4 Å². The molecule has 1 saturated heterocycles. The summed E-state index contributed by atoms with van der Waals surface area (Å²) in [6, 6.07) is 39.2. The number of halogens is 1. The third-order valence-corrected chi connectivity index (χ3v) is 6.83. The molecule has 0 aromatic heterocycles. The zero-order chi connectivity index (χ0) is 27.4. The molecule has 1 unspecified atom stereocenters. The molecule has 6 heteroatoms. The first kappa shape index (κ1) is 28.1. The van der Waals surface area contributed by atoms with Crippen LogP contribution in [0.1, 0.15) is 22.3 Å². The highest BCUT2D eigenvalue weighted by Crippen LogP contribution is 2.31. The summed E-state index contributed by atoms with van der Waals surface area (Å²) >= 11 is 0. The third-order valence-electron chi connectivity index (χ3n) is 6.83. The van der Waals surface area contributed by atoms with Gasteiger partial charge in [-0.25, -0.2) is 4.39 Å². The molecular formula is C34H35FO5. The molecule has 0 aliphatic carbocycles. The minimum Gasteiger partial charge on any atom is -0.374 e. The Labute approximate surface area is 235 Å². The van der Waals surface area contributed by atoms with Gasteiger partial charge in [-0.2, -0.15) is 0 Å². The van der Waals surface area contributed by atoms with Gasteiger partial charge in [0.05, 0.1) is 33.0 Å². The average molecular weight is 543 g/mol. The zero-order valence-corrected chi connectivity index (χ0v) is 22.4. The summed E-state index contributed by atoms with van der Waals surface area (Å²) in [5, 5.41) is 0. The van der Waals surface area contributed by atoms with Crippen LogP contribution in [-0.4, -0.2) is 37.4 Å². The number of ether oxygens (including phenoxy) is 5.